The van der Waals surface area contributed by atoms with Crippen molar-refractivity contribution in [1.82, 2.24) is 5.32 Å². The van der Waals surface area contributed by atoms with E-state index >= 15 is 0 Å². The molecule has 0 aliphatic carbocycles. The average Bonchev–Trinajstić information content (AvgIpc) is 2.58. The molecular formula is C16H20N2O6. The normalized spacial score (nSPS) is 12.8. The SMILES string of the molecule is O=C(CCC(=O)c1ccc2c(c1)NC(=O)CO2)NCCOCCO. The summed E-state index contributed by atoms with van der Waals surface area (Å²) in [5.74, 6) is -0.184. The van der Waals surface area contributed by atoms with E-state index in [4.69, 9.17) is 14.6 Å². The predicted octanol–water partition coefficient (Wildman–Crippen LogP) is 0.105. The summed E-state index contributed by atoms with van der Waals surface area (Å²) in [6.45, 7) is 0.768. The number of hydrogen-bond acceptors (Lipinski definition) is 6. The first-order chi connectivity index (χ1) is 11.6. The molecule has 0 atom stereocenters. The molecule has 24 heavy (non-hydrogen) atoms. The standard InChI is InChI=1S/C16H20N2O6/c19-6-8-23-7-5-17-15(21)4-2-13(20)11-1-3-14-12(9-11)18-16(22)10-24-14/h1,3,9,19H,2,4-8,10H2,(H,17,21)(H,18,22). The van der Waals surface area contributed by atoms with Crippen molar-refractivity contribution in [3.05, 3.63) is 23.8 Å². The molecule has 1 aliphatic heterocycles. The second-order valence-electron chi connectivity index (χ2n) is 5.16. The molecule has 0 saturated carbocycles. The van der Waals surface area contributed by atoms with Gasteiger partial charge in [0.1, 0.15) is 5.75 Å². The number of carbonyl (C=O) groups excluding carboxylic acids is 3. The van der Waals surface area contributed by atoms with Crippen molar-refractivity contribution in [2.24, 2.45) is 0 Å². The van der Waals surface area contributed by atoms with Crippen molar-refractivity contribution in [2.45, 2.75) is 12.8 Å². The summed E-state index contributed by atoms with van der Waals surface area (Å²) in [6, 6.07) is 4.79. The Morgan fingerprint density at radius 1 is 1.29 bits per heavy atom. The van der Waals surface area contributed by atoms with Crippen molar-refractivity contribution >= 4 is 23.3 Å². The number of ketones is 1. The van der Waals surface area contributed by atoms with Crippen LogP contribution >= 0.6 is 0 Å². The Balaban J connectivity index is 1.77. The second kappa shape index (κ2) is 8.99. The van der Waals surface area contributed by atoms with Gasteiger partial charge in [0.05, 0.1) is 25.5 Å². The number of ether oxygens (including phenoxy) is 2. The first kappa shape index (κ1) is 17.9. The van der Waals surface area contributed by atoms with Crippen LogP contribution in [0.1, 0.15) is 23.2 Å². The van der Waals surface area contributed by atoms with Crippen LogP contribution in [-0.2, 0) is 14.3 Å². The maximum absolute atomic E-state index is 12.1. The predicted molar refractivity (Wildman–Crippen MR) is 85.0 cm³/mol. The smallest absolute Gasteiger partial charge is 0.262 e. The summed E-state index contributed by atoms with van der Waals surface area (Å²) in [5, 5.41) is 13.8. The Kier molecular flexibility index (Phi) is 6.71. The van der Waals surface area contributed by atoms with Crippen molar-refractivity contribution in [2.75, 3.05) is 38.3 Å². The van der Waals surface area contributed by atoms with Crippen molar-refractivity contribution in [1.29, 1.82) is 0 Å². The molecule has 130 valence electrons. The number of rotatable bonds is 9. The lowest BCUT2D eigenvalue weighted by atomic mass is 10.0. The number of hydrogen-bond donors (Lipinski definition) is 3. The fourth-order valence-electron chi connectivity index (χ4n) is 2.15. The molecule has 8 heteroatoms. The van der Waals surface area contributed by atoms with Crippen LogP contribution in [0.25, 0.3) is 0 Å². The van der Waals surface area contributed by atoms with E-state index in [2.05, 4.69) is 10.6 Å². The Labute approximate surface area is 139 Å². The summed E-state index contributed by atoms with van der Waals surface area (Å²) in [5.41, 5.74) is 0.876. The zero-order valence-electron chi connectivity index (χ0n) is 13.2. The van der Waals surface area contributed by atoms with E-state index in [9.17, 15) is 14.4 Å². The van der Waals surface area contributed by atoms with Crippen molar-refractivity contribution in [3.63, 3.8) is 0 Å². The zero-order chi connectivity index (χ0) is 17.4. The van der Waals surface area contributed by atoms with Gasteiger partial charge in [-0.2, -0.15) is 0 Å². The number of anilines is 1. The number of Topliss-reactive ketones (excluding diaryl/α,β-unsaturated/α-hetero) is 1. The molecule has 1 heterocycles. The van der Waals surface area contributed by atoms with E-state index in [1.54, 1.807) is 18.2 Å². The molecule has 0 radical (unpaired) electrons. The van der Waals surface area contributed by atoms with Gasteiger partial charge in [0.25, 0.3) is 5.91 Å². The monoisotopic (exact) mass is 336 g/mol. The van der Waals surface area contributed by atoms with Gasteiger partial charge in [-0.25, -0.2) is 0 Å². The molecule has 8 nitrogen and oxygen atoms in total. The van der Waals surface area contributed by atoms with Gasteiger partial charge in [0.15, 0.2) is 12.4 Å². The minimum Gasteiger partial charge on any atom is -0.482 e. The fraction of sp³-hybridized carbons (Fsp3) is 0.438. The van der Waals surface area contributed by atoms with Gasteiger partial charge in [0.2, 0.25) is 5.91 Å². The zero-order valence-corrected chi connectivity index (χ0v) is 13.2. The van der Waals surface area contributed by atoms with Gasteiger partial charge in [-0.3, -0.25) is 14.4 Å². The molecule has 2 amide bonds. The van der Waals surface area contributed by atoms with Crippen LogP contribution in [0.5, 0.6) is 5.75 Å². The van der Waals surface area contributed by atoms with Crippen LogP contribution in [-0.4, -0.2) is 55.7 Å². The van der Waals surface area contributed by atoms with Crippen molar-refractivity contribution in [3.8, 4) is 5.75 Å². The summed E-state index contributed by atoms with van der Waals surface area (Å²) in [6.07, 6.45) is 0.135. The van der Waals surface area contributed by atoms with E-state index in [1.807, 2.05) is 0 Å². The lowest BCUT2D eigenvalue weighted by molar-refractivity contribution is -0.121. The number of aliphatic hydroxyl groups is 1. The molecule has 1 aromatic rings. The first-order valence-electron chi connectivity index (χ1n) is 7.65. The Morgan fingerprint density at radius 3 is 2.92 bits per heavy atom. The highest BCUT2D eigenvalue weighted by Gasteiger charge is 2.18. The minimum atomic E-state index is -0.269. The van der Waals surface area contributed by atoms with Gasteiger partial charge < -0.3 is 25.2 Å². The van der Waals surface area contributed by atoms with Gasteiger partial charge in [0, 0.05) is 24.9 Å². The van der Waals surface area contributed by atoms with E-state index < -0.39 is 0 Å². The van der Waals surface area contributed by atoms with E-state index in [0.29, 0.717) is 30.2 Å². The second-order valence-corrected chi connectivity index (χ2v) is 5.16. The molecule has 0 saturated heterocycles. The molecule has 1 aliphatic rings. The van der Waals surface area contributed by atoms with Crippen molar-refractivity contribution < 1.29 is 29.0 Å². The molecule has 0 spiro atoms. The lowest BCUT2D eigenvalue weighted by Gasteiger charge is -2.18. The number of amides is 2. The molecule has 2 rings (SSSR count). The Morgan fingerprint density at radius 2 is 2.12 bits per heavy atom. The van der Waals surface area contributed by atoms with Crippen LogP contribution in [0, 0.1) is 0 Å². The third-order valence-electron chi connectivity index (χ3n) is 3.32. The molecule has 0 unspecified atom stereocenters. The van der Waals surface area contributed by atoms with Crippen LogP contribution < -0.4 is 15.4 Å². The number of aliphatic hydroxyl groups excluding tert-OH is 1. The molecule has 1 aromatic carbocycles. The summed E-state index contributed by atoms with van der Waals surface area (Å²) in [7, 11) is 0. The minimum absolute atomic E-state index is 0.0392. The van der Waals surface area contributed by atoms with Gasteiger partial charge in [-0.15, -0.1) is 0 Å². The van der Waals surface area contributed by atoms with E-state index in [0.717, 1.165) is 0 Å². The molecule has 0 aromatic heterocycles. The summed E-state index contributed by atoms with van der Waals surface area (Å²) >= 11 is 0. The lowest BCUT2D eigenvalue weighted by Crippen LogP contribution is -2.28. The third-order valence-corrected chi connectivity index (χ3v) is 3.32. The highest BCUT2D eigenvalue weighted by molar-refractivity contribution is 6.01. The average molecular weight is 336 g/mol. The molecule has 0 fully saturated rings. The quantitative estimate of drug-likeness (QED) is 0.435. The number of carbonyl (C=O) groups is 3. The number of fused-ring (bicyclic) bond motifs is 1. The van der Waals surface area contributed by atoms with Gasteiger partial charge in [-0.1, -0.05) is 0 Å². The van der Waals surface area contributed by atoms with E-state index in [-0.39, 0.29) is 50.3 Å². The maximum Gasteiger partial charge on any atom is 0.262 e. The first-order valence-corrected chi connectivity index (χ1v) is 7.65. The maximum atomic E-state index is 12.1. The van der Waals surface area contributed by atoms with Crippen LogP contribution in [0.2, 0.25) is 0 Å². The third kappa shape index (κ3) is 5.32. The Bertz CT molecular complexity index is 617. The molecule has 3 N–H and O–H groups in total. The molecule has 0 bridgehead atoms. The van der Waals surface area contributed by atoms with E-state index in [1.165, 1.54) is 0 Å². The topological polar surface area (TPSA) is 114 Å². The van der Waals surface area contributed by atoms with Crippen LogP contribution in [0.4, 0.5) is 5.69 Å². The summed E-state index contributed by atoms with van der Waals surface area (Å²) < 4.78 is 10.2. The van der Waals surface area contributed by atoms with Crippen LogP contribution in [0.3, 0.4) is 0 Å². The fourth-order valence-corrected chi connectivity index (χ4v) is 2.15. The number of nitrogens with one attached hydrogen (secondary N) is 2. The van der Waals surface area contributed by atoms with Gasteiger partial charge >= 0.3 is 0 Å². The summed E-state index contributed by atoms with van der Waals surface area (Å²) in [4.78, 5) is 35.1. The highest BCUT2D eigenvalue weighted by atomic mass is 16.5. The van der Waals surface area contributed by atoms with Gasteiger partial charge in [-0.05, 0) is 18.2 Å². The highest BCUT2D eigenvalue weighted by Crippen LogP contribution is 2.28. The largest absolute Gasteiger partial charge is 0.482 e. The number of benzene rings is 1. The molecular weight excluding hydrogens is 316 g/mol. The Hall–Kier alpha value is -2.45. The van der Waals surface area contributed by atoms with Crippen LogP contribution in [0.15, 0.2) is 18.2 Å².